The number of furan rings is 1. The Kier molecular flexibility index (Phi) is 5.70. The molecule has 3 rings (SSSR count). The fraction of sp³-hybridized carbons (Fsp3) is 0.389. The van der Waals surface area contributed by atoms with Crippen molar-refractivity contribution in [3.63, 3.8) is 0 Å². The quantitative estimate of drug-likeness (QED) is 0.692. The molecule has 1 aliphatic rings. The van der Waals surface area contributed by atoms with Gasteiger partial charge in [0.1, 0.15) is 10.7 Å². The Hall–Kier alpha value is -1.83. The zero-order valence-corrected chi connectivity index (χ0v) is 15.9. The minimum Gasteiger partial charge on any atom is -0.468 e. The third-order valence-electron chi connectivity index (χ3n) is 4.56. The zero-order chi connectivity index (χ0) is 18.7. The minimum absolute atomic E-state index is 0.00431. The maximum absolute atomic E-state index is 13.3. The van der Waals surface area contributed by atoms with Gasteiger partial charge in [-0.3, -0.25) is 0 Å². The number of carbonyl (C=O) groups is 1. The molecule has 0 saturated heterocycles. The number of benzene rings is 1. The van der Waals surface area contributed by atoms with Gasteiger partial charge in [-0.15, -0.1) is 0 Å². The summed E-state index contributed by atoms with van der Waals surface area (Å²) in [5, 5.41) is -0.00431. The van der Waals surface area contributed by atoms with Crippen molar-refractivity contribution in [2.75, 3.05) is 7.11 Å². The van der Waals surface area contributed by atoms with E-state index in [1.807, 2.05) is 0 Å². The maximum atomic E-state index is 13.3. The summed E-state index contributed by atoms with van der Waals surface area (Å²) in [7, 11) is -2.60. The van der Waals surface area contributed by atoms with Gasteiger partial charge >= 0.3 is 5.97 Å². The van der Waals surface area contributed by atoms with E-state index >= 15 is 0 Å². The lowest BCUT2D eigenvalue weighted by atomic mass is 10.2. The summed E-state index contributed by atoms with van der Waals surface area (Å²) in [5.41, 5.74) is 0.204. The molecule has 1 fully saturated rings. The molecule has 1 heterocycles. The molecule has 1 aliphatic carbocycles. The predicted octanol–water partition coefficient (Wildman–Crippen LogP) is 3.85. The van der Waals surface area contributed by atoms with Crippen molar-refractivity contribution in [2.45, 2.75) is 43.2 Å². The molecular formula is C18H20ClNO5S. The Balaban J connectivity index is 1.97. The highest BCUT2D eigenvalue weighted by atomic mass is 35.5. The van der Waals surface area contributed by atoms with Crippen molar-refractivity contribution < 1.29 is 22.4 Å². The fourth-order valence-electron chi connectivity index (χ4n) is 3.24. The summed E-state index contributed by atoms with van der Waals surface area (Å²) < 4.78 is 38.1. The number of esters is 1. The Morgan fingerprint density at radius 2 is 2.04 bits per heavy atom. The van der Waals surface area contributed by atoms with E-state index in [0.29, 0.717) is 5.76 Å². The minimum atomic E-state index is -3.85. The van der Waals surface area contributed by atoms with Crippen LogP contribution in [0.3, 0.4) is 0 Å². The first kappa shape index (κ1) is 18.9. The lowest BCUT2D eigenvalue weighted by molar-refractivity contribution is 0.0600. The number of hydrogen-bond donors (Lipinski definition) is 0. The third-order valence-corrected chi connectivity index (χ3v) is 6.94. The lowest BCUT2D eigenvalue weighted by Crippen LogP contribution is -2.38. The second kappa shape index (κ2) is 7.82. The molecule has 0 radical (unpaired) electrons. The van der Waals surface area contributed by atoms with E-state index < -0.39 is 16.0 Å². The highest BCUT2D eigenvalue weighted by Gasteiger charge is 2.35. The molecule has 2 aromatic rings. The number of hydrogen-bond acceptors (Lipinski definition) is 5. The number of ether oxygens (including phenoxy) is 1. The van der Waals surface area contributed by atoms with E-state index in [1.165, 1.54) is 35.9 Å². The van der Waals surface area contributed by atoms with E-state index in [-0.39, 0.29) is 28.1 Å². The molecule has 140 valence electrons. The van der Waals surface area contributed by atoms with Crippen LogP contribution in [0.15, 0.2) is 45.9 Å². The Morgan fingerprint density at radius 3 is 2.62 bits per heavy atom. The lowest BCUT2D eigenvalue weighted by Gasteiger charge is -2.27. The molecule has 1 aromatic heterocycles. The van der Waals surface area contributed by atoms with Gasteiger partial charge in [0.15, 0.2) is 0 Å². The number of methoxy groups -OCH3 is 1. The third kappa shape index (κ3) is 3.79. The standard InChI is InChI=1S/C18H20ClNO5S/c1-24-18(21)13-8-9-17(16(19)11-13)26(22,23)20(14-5-2-3-6-14)12-15-7-4-10-25-15/h4,7-11,14H,2-3,5-6,12H2,1H3. The van der Waals surface area contributed by atoms with Gasteiger partial charge in [-0.1, -0.05) is 24.4 Å². The van der Waals surface area contributed by atoms with Crippen molar-refractivity contribution in [1.29, 1.82) is 0 Å². The van der Waals surface area contributed by atoms with Gasteiger partial charge in [-0.05, 0) is 43.2 Å². The summed E-state index contributed by atoms with van der Waals surface area (Å²) in [6.45, 7) is 0.148. The van der Waals surface area contributed by atoms with Crippen LogP contribution in [0.25, 0.3) is 0 Å². The molecule has 0 spiro atoms. The Morgan fingerprint density at radius 1 is 1.31 bits per heavy atom. The van der Waals surface area contributed by atoms with Crippen molar-refractivity contribution >= 4 is 27.6 Å². The van der Waals surface area contributed by atoms with Crippen LogP contribution in [0.2, 0.25) is 5.02 Å². The van der Waals surface area contributed by atoms with Crippen LogP contribution < -0.4 is 0 Å². The van der Waals surface area contributed by atoms with Crippen molar-refractivity contribution in [1.82, 2.24) is 4.31 Å². The van der Waals surface area contributed by atoms with Crippen molar-refractivity contribution in [3.8, 4) is 0 Å². The zero-order valence-electron chi connectivity index (χ0n) is 14.4. The average molecular weight is 398 g/mol. The number of carbonyl (C=O) groups excluding carboxylic acids is 1. The number of nitrogens with zero attached hydrogens (tertiary/aromatic N) is 1. The van der Waals surface area contributed by atoms with E-state index in [2.05, 4.69) is 4.74 Å². The summed E-state index contributed by atoms with van der Waals surface area (Å²) >= 11 is 6.21. The first-order valence-electron chi connectivity index (χ1n) is 8.35. The van der Waals surface area contributed by atoms with Crippen LogP contribution in [0, 0.1) is 0 Å². The van der Waals surface area contributed by atoms with Crippen LogP contribution in [0.5, 0.6) is 0 Å². The summed E-state index contributed by atoms with van der Waals surface area (Å²) in [5.74, 6) is 0.00172. The second-order valence-electron chi connectivity index (χ2n) is 6.20. The van der Waals surface area contributed by atoms with E-state index in [1.54, 1.807) is 12.1 Å². The first-order chi connectivity index (χ1) is 12.4. The largest absolute Gasteiger partial charge is 0.468 e. The molecule has 0 bridgehead atoms. The molecule has 0 amide bonds. The smallest absolute Gasteiger partial charge is 0.337 e. The summed E-state index contributed by atoms with van der Waals surface area (Å²) in [6, 6.07) is 7.46. The fourth-order valence-corrected chi connectivity index (χ4v) is 5.41. The molecule has 0 atom stereocenters. The molecule has 0 aliphatic heterocycles. The summed E-state index contributed by atoms with van der Waals surface area (Å²) in [6.07, 6.45) is 5.11. The monoisotopic (exact) mass is 397 g/mol. The van der Waals surface area contributed by atoms with Crippen molar-refractivity contribution in [3.05, 3.63) is 52.9 Å². The van der Waals surface area contributed by atoms with Crippen LogP contribution in [0.4, 0.5) is 0 Å². The first-order valence-corrected chi connectivity index (χ1v) is 10.2. The van der Waals surface area contributed by atoms with Crippen LogP contribution in [-0.4, -0.2) is 31.8 Å². The van der Waals surface area contributed by atoms with Crippen LogP contribution in [0.1, 0.15) is 41.8 Å². The predicted molar refractivity (Wildman–Crippen MR) is 96.5 cm³/mol. The van der Waals surface area contributed by atoms with Crippen LogP contribution in [-0.2, 0) is 21.3 Å². The normalized spacial score (nSPS) is 15.5. The van der Waals surface area contributed by atoms with Gasteiger partial charge in [-0.25, -0.2) is 13.2 Å². The Labute approximate surface area is 157 Å². The topological polar surface area (TPSA) is 76.8 Å². The van der Waals surface area contributed by atoms with Crippen molar-refractivity contribution in [2.24, 2.45) is 0 Å². The van der Waals surface area contributed by atoms with Gasteiger partial charge in [-0.2, -0.15) is 4.31 Å². The molecule has 8 heteroatoms. The molecule has 0 N–H and O–H groups in total. The molecular weight excluding hydrogens is 378 g/mol. The second-order valence-corrected chi connectivity index (χ2v) is 8.47. The SMILES string of the molecule is COC(=O)c1ccc(S(=O)(=O)N(Cc2ccco2)C2CCCC2)c(Cl)c1. The molecule has 1 saturated carbocycles. The number of sulfonamides is 1. The van der Waals surface area contributed by atoms with Gasteiger partial charge in [0.2, 0.25) is 10.0 Å². The highest BCUT2D eigenvalue weighted by Crippen LogP contribution is 2.33. The Bertz CT molecular complexity index is 873. The maximum Gasteiger partial charge on any atom is 0.337 e. The van der Waals surface area contributed by atoms with Crippen LogP contribution >= 0.6 is 11.6 Å². The molecule has 26 heavy (non-hydrogen) atoms. The van der Waals surface area contributed by atoms with E-state index in [9.17, 15) is 13.2 Å². The van der Waals surface area contributed by atoms with Gasteiger partial charge in [0, 0.05) is 6.04 Å². The van der Waals surface area contributed by atoms with Gasteiger partial charge < -0.3 is 9.15 Å². The molecule has 6 nitrogen and oxygen atoms in total. The van der Waals surface area contributed by atoms with Gasteiger partial charge in [0.25, 0.3) is 0 Å². The number of rotatable bonds is 6. The summed E-state index contributed by atoms with van der Waals surface area (Å²) in [4.78, 5) is 11.6. The highest BCUT2D eigenvalue weighted by molar-refractivity contribution is 7.89. The van der Waals surface area contributed by atoms with E-state index in [0.717, 1.165) is 25.7 Å². The molecule has 1 aromatic carbocycles. The number of halogens is 1. The average Bonchev–Trinajstić information content (AvgIpc) is 3.32. The molecule has 0 unspecified atom stereocenters. The van der Waals surface area contributed by atoms with E-state index in [4.69, 9.17) is 16.0 Å². The van der Waals surface area contributed by atoms with Gasteiger partial charge in [0.05, 0.1) is 30.5 Å².